The Morgan fingerprint density at radius 2 is 2.17 bits per heavy atom. The van der Waals surface area contributed by atoms with Gasteiger partial charge in [-0.05, 0) is 57.0 Å². The average Bonchev–Trinajstić information content (AvgIpc) is 3.08. The number of aryl methyl sites for hydroxylation is 2. The molecule has 0 saturated carbocycles. The minimum absolute atomic E-state index is 0.356. The Balaban J connectivity index is 1.75. The van der Waals surface area contributed by atoms with Gasteiger partial charge in [0.1, 0.15) is 5.82 Å². The molecule has 0 aliphatic carbocycles. The summed E-state index contributed by atoms with van der Waals surface area (Å²) >= 11 is 0. The van der Waals surface area contributed by atoms with E-state index in [1.54, 1.807) is 6.07 Å². The molecule has 0 bridgehead atoms. The third-order valence-corrected chi connectivity index (χ3v) is 4.55. The Hall–Kier alpha value is -2.19. The third-order valence-electron chi connectivity index (χ3n) is 4.55. The molecule has 5 heteroatoms. The van der Waals surface area contributed by atoms with Gasteiger partial charge in [0.15, 0.2) is 0 Å². The van der Waals surface area contributed by atoms with Crippen LogP contribution < -0.4 is 0 Å². The molecule has 0 unspecified atom stereocenters. The Morgan fingerprint density at radius 1 is 1.35 bits per heavy atom. The number of halogens is 1. The van der Waals surface area contributed by atoms with Crippen molar-refractivity contribution in [2.75, 3.05) is 6.54 Å². The average molecular weight is 312 g/mol. The lowest BCUT2D eigenvalue weighted by Gasteiger charge is -2.25. The molecule has 1 fully saturated rings. The van der Waals surface area contributed by atoms with Crippen molar-refractivity contribution in [2.24, 2.45) is 0 Å². The summed E-state index contributed by atoms with van der Waals surface area (Å²) in [6, 6.07) is 9.08. The van der Waals surface area contributed by atoms with Gasteiger partial charge in [-0.15, -0.1) is 0 Å². The molecule has 3 rings (SSSR count). The molecule has 0 amide bonds. The molecule has 1 aliphatic rings. The summed E-state index contributed by atoms with van der Waals surface area (Å²) in [5.41, 5.74) is 3.54. The zero-order valence-electron chi connectivity index (χ0n) is 13.6. The first-order valence-corrected chi connectivity index (χ1v) is 8.00. The molecule has 0 radical (unpaired) electrons. The van der Waals surface area contributed by atoms with Gasteiger partial charge in [0.25, 0.3) is 0 Å². The van der Waals surface area contributed by atoms with Crippen molar-refractivity contribution >= 4 is 0 Å². The number of rotatable bonds is 4. The van der Waals surface area contributed by atoms with Gasteiger partial charge in [0.05, 0.1) is 23.9 Å². The highest BCUT2D eigenvalue weighted by Crippen LogP contribution is 2.23. The van der Waals surface area contributed by atoms with Gasteiger partial charge in [-0.1, -0.05) is 6.07 Å². The van der Waals surface area contributed by atoms with E-state index in [0.717, 1.165) is 37.2 Å². The van der Waals surface area contributed by atoms with Crippen molar-refractivity contribution in [3.05, 3.63) is 52.6 Å². The molecule has 1 aromatic heterocycles. The van der Waals surface area contributed by atoms with Crippen molar-refractivity contribution in [3.63, 3.8) is 0 Å². The van der Waals surface area contributed by atoms with E-state index in [1.165, 1.54) is 17.8 Å². The fourth-order valence-corrected chi connectivity index (χ4v) is 3.38. The molecule has 0 N–H and O–H groups in total. The lowest BCUT2D eigenvalue weighted by Crippen LogP contribution is -2.33. The summed E-state index contributed by atoms with van der Waals surface area (Å²) in [5, 5.41) is 13.8. The SMILES string of the molecule is Cc1cc(C)n(C[C@@H]2CCCN2Cc2ccc(F)cc2C#N)n1. The van der Waals surface area contributed by atoms with Crippen LogP contribution in [-0.2, 0) is 13.1 Å². The summed E-state index contributed by atoms with van der Waals surface area (Å²) < 4.78 is 15.3. The maximum atomic E-state index is 13.3. The molecule has 1 atom stereocenters. The van der Waals surface area contributed by atoms with Crippen molar-refractivity contribution in [1.29, 1.82) is 5.26 Å². The maximum absolute atomic E-state index is 13.3. The summed E-state index contributed by atoms with van der Waals surface area (Å²) in [5.74, 6) is -0.356. The van der Waals surface area contributed by atoms with Crippen molar-refractivity contribution < 1.29 is 4.39 Å². The first-order valence-electron chi connectivity index (χ1n) is 8.00. The number of hydrogen-bond acceptors (Lipinski definition) is 3. The van der Waals surface area contributed by atoms with Crippen LogP contribution in [0.1, 0.15) is 35.4 Å². The predicted octanol–water partition coefficient (Wildman–Crippen LogP) is 3.18. The largest absolute Gasteiger partial charge is 0.294 e. The number of nitrogens with zero attached hydrogens (tertiary/aromatic N) is 4. The molecule has 2 aromatic rings. The molecule has 1 aliphatic heterocycles. The molecular formula is C18H21FN4. The van der Waals surface area contributed by atoms with E-state index in [4.69, 9.17) is 0 Å². The Labute approximate surface area is 136 Å². The highest BCUT2D eigenvalue weighted by Gasteiger charge is 2.26. The van der Waals surface area contributed by atoms with E-state index < -0.39 is 0 Å². The van der Waals surface area contributed by atoms with Crippen LogP contribution in [0, 0.1) is 31.0 Å². The van der Waals surface area contributed by atoms with E-state index in [9.17, 15) is 9.65 Å². The van der Waals surface area contributed by atoms with Crippen LogP contribution in [0.2, 0.25) is 0 Å². The smallest absolute Gasteiger partial charge is 0.124 e. The van der Waals surface area contributed by atoms with Gasteiger partial charge in [0, 0.05) is 18.3 Å². The number of nitriles is 1. The van der Waals surface area contributed by atoms with Crippen LogP contribution in [0.3, 0.4) is 0 Å². The van der Waals surface area contributed by atoms with Gasteiger partial charge in [-0.3, -0.25) is 9.58 Å². The molecule has 23 heavy (non-hydrogen) atoms. The zero-order chi connectivity index (χ0) is 16.4. The van der Waals surface area contributed by atoms with Crippen molar-refractivity contribution in [3.8, 4) is 6.07 Å². The van der Waals surface area contributed by atoms with Crippen LogP contribution in [0.25, 0.3) is 0 Å². The van der Waals surface area contributed by atoms with E-state index in [0.29, 0.717) is 18.2 Å². The number of aromatic nitrogens is 2. The van der Waals surface area contributed by atoms with E-state index in [2.05, 4.69) is 33.7 Å². The van der Waals surface area contributed by atoms with Gasteiger partial charge in [0.2, 0.25) is 0 Å². The Morgan fingerprint density at radius 3 is 2.87 bits per heavy atom. The third kappa shape index (κ3) is 3.43. The molecule has 1 saturated heterocycles. The van der Waals surface area contributed by atoms with Crippen LogP contribution in [0.5, 0.6) is 0 Å². The van der Waals surface area contributed by atoms with E-state index >= 15 is 0 Å². The highest BCUT2D eigenvalue weighted by atomic mass is 19.1. The second kappa shape index (κ2) is 6.51. The van der Waals surface area contributed by atoms with Crippen LogP contribution >= 0.6 is 0 Å². The minimum atomic E-state index is -0.356. The topological polar surface area (TPSA) is 44.9 Å². The maximum Gasteiger partial charge on any atom is 0.124 e. The monoisotopic (exact) mass is 312 g/mol. The number of hydrogen-bond donors (Lipinski definition) is 0. The van der Waals surface area contributed by atoms with Gasteiger partial charge < -0.3 is 0 Å². The second-order valence-electron chi connectivity index (χ2n) is 6.29. The van der Waals surface area contributed by atoms with Crippen LogP contribution in [-0.4, -0.2) is 27.3 Å². The fourth-order valence-electron chi connectivity index (χ4n) is 3.38. The predicted molar refractivity (Wildman–Crippen MR) is 86.2 cm³/mol. The standard InChI is InChI=1S/C18H21FN4/c1-13-8-14(2)23(21-13)12-18-4-3-7-22(18)11-15-5-6-17(19)9-16(15)10-20/h5-6,8-9,18H,3-4,7,11-12H2,1-2H3/t18-/m0/s1. The zero-order valence-corrected chi connectivity index (χ0v) is 13.6. The van der Waals surface area contributed by atoms with Crippen molar-refractivity contribution in [1.82, 2.24) is 14.7 Å². The molecule has 2 heterocycles. The molecule has 120 valence electrons. The van der Waals surface area contributed by atoms with Crippen LogP contribution in [0.4, 0.5) is 4.39 Å². The summed E-state index contributed by atoms with van der Waals surface area (Å²) in [6.07, 6.45) is 2.27. The van der Waals surface area contributed by atoms with Gasteiger partial charge >= 0.3 is 0 Å². The van der Waals surface area contributed by atoms with Gasteiger partial charge in [-0.25, -0.2) is 4.39 Å². The first kappa shape index (κ1) is 15.7. The summed E-state index contributed by atoms with van der Waals surface area (Å²) in [7, 11) is 0. The number of benzene rings is 1. The van der Waals surface area contributed by atoms with Crippen LogP contribution in [0.15, 0.2) is 24.3 Å². The number of likely N-dealkylation sites (tertiary alicyclic amines) is 1. The lowest BCUT2D eigenvalue weighted by atomic mass is 10.1. The summed E-state index contributed by atoms with van der Waals surface area (Å²) in [6.45, 7) is 6.64. The highest BCUT2D eigenvalue weighted by molar-refractivity contribution is 5.37. The van der Waals surface area contributed by atoms with E-state index in [1.807, 2.05) is 6.92 Å². The molecular weight excluding hydrogens is 291 g/mol. The molecule has 0 spiro atoms. The Bertz CT molecular complexity index is 744. The molecule has 1 aromatic carbocycles. The first-order chi connectivity index (χ1) is 11.1. The normalized spacial score (nSPS) is 18.3. The fraction of sp³-hybridized carbons (Fsp3) is 0.444. The lowest BCUT2D eigenvalue weighted by molar-refractivity contribution is 0.218. The van der Waals surface area contributed by atoms with E-state index in [-0.39, 0.29) is 5.82 Å². The summed E-state index contributed by atoms with van der Waals surface area (Å²) in [4.78, 5) is 2.38. The Kier molecular flexibility index (Phi) is 4.44. The minimum Gasteiger partial charge on any atom is -0.294 e. The second-order valence-corrected chi connectivity index (χ2v) is 6.29. The van der Waals surface area contributed by atoms with Gasteiger partial charge in [-0.2, -0.15) is 10.4 Å². The quantitative estimate of drug-likeness (QED) is 0.871. The van der Waals surface area contributed by atoms with Crippen molar-refractivity contribution in [2.45, 2.75) is 45.8 Å². The molecule has 4 nitrogen and oxygen atoms in total.